The Morgan fingerprint density at radius 1 is 0.821 bits per heavy atom. The number of hydrogen-bond acceptors (Lipinski definition) is 8. The average molecular weight is 393 g/mol. The Kier molecular flexibility index (Phi) is 6.04. The summed E-state index contributed by atoms with van der Waals surface area (Å²) in [5, 5.41) is 32.1. The Hall–Kier alpha value is -3.82. The Balaban J connectivity index is 2.56. The van der Waals surface area contributed by atoms with Gasteiger partial charge in [0, 0.05) is 11.6 Å². The van der Waals surface area contributed by atoms with Crippen molar-refractivity contribution in [3.63, 3.8) is 0 Å². The van der Waals surface area contributed by atoms with Crippen LogP contribution in [0, 0.1) is 0 Å². The van der Waals surface area contributed by atoms with Crippen LogP contribution in [0.2, 0.25) is 0 Å². The number of rotatable bonds is 7. The molecule has 0 aliphatic heterocycles. The van der Waals surface area contributed by atoms with Crippen molar-refractivity contribution in [1.29, 1.82) is 0 Å². The molecule has 0 atom stereocenters. The molecule has 0 spiro atoms. The monoisotopic (exact) mass is 393 g/mol. The van der Waals surface area contributed by atoms with Crippen LogP contribution in [-0.2, 0) is 0 Å². The molecule has 0 radical (unpaired) electrons. The minimum Gasteiger partial charge on any atom is -0.503 e. The van der Waals surface area contributed by atoms with Gasteiger partial charge in [0.15, 0.2) is 23.0 Å². The maximum absolute atomic E-state index is 12.7. The minimum atomic E-state index is -1.41. The van der Waals surface area contributed by atoms with Gasteiger partial charge in [-0.1, -0.05) is 0 Å². The molecule has 2 rings (SSSR count). The van der Waals surface area contributed by atoms with Crippen LogP contribution in [0.3, 0.4) is 0 Å². The first-order valence-corrected chi connectivity index (χ1v) is 7.76. The number of benzene rings is 2. The Bertz CT molecular complexity index is 899. The summed E-state index contributed by atoms with van der Waals surface area (Å²) in [6, 6.07) is 3.56. The fourth-order valence-electron chi connectivity index (χ4n) is 2.48. The van der Waals surface area contributed by atoms with E-state index in [4.69, 9.17) is 18.9 Å². The fraction of sp³-hybridized carbons (Fsp3) is 0.222. The Labute approximate surface area is 159 Å². The lowest BCUT2D eigenvalue weighted by atomic mass is 10.1. The average Bonchev–Trinajstić information content (AvgIpc) is 2.68. The number of carboxylic acid groups (broad SMARTS) is 1. The van der Waals surface area contributed by atoms with E-state index in [0.29, 0.717) is 0 Å². The van der Waals surface area contributed by atoms with Gasteiger partial charge in [0.25, 0.3) is 5.91 Å². The highest BCUT2D eigenvalue weighted by Gasteiger charge is 2.25. The number of phenols is 2. The number of carbonyl (C=O) groups is 2. The molecule has 10 nitrogen and oxygen atoms in total. The molecule has 4 N–H and O–H groups in total. The van der Waals surface area contributed by atoms with Crippen LogP contribution in [0.25, 0.3) is 0 Å². The van der Waals surface area contributed by atoms with Crippen LogP contribution in [-0.4, -0.2) is 55.6 Å². The first-order chi connectivity index (χ1) is 13.3. The van der Waals surface area contributed by atoms with E-state index < -0.39 is 23.2 Å². The van der Waals surface area contributed by atoms with Crippen molar-refractivity contribution >= 4 is 17.6 Å². The Morgan fingerprint density at radius 3 is 1.79 bits per heavy atom. The summed E-state index contributed by atoms with van der Waals surface area (Å²) in [5.74, 6) is -3.35. The lowest BCUT2D eigenvalue weighted by Crippen LogP contribution is -2.16. The molecule has 0 aromatic heterocycles. The van der Waals surface area contributed by atoms with E-state index in [1.807, 2.05) is 0 Å². The molecule has 0 saturated carbocycles. The van der Waals surface area contributed by atoms with Crippen LogP contribution in [0.15, 0.2) is 18.2 Å². The second-order valence-electron chi connectivity index (χ2n) is 5.37. The molecule has 0 saturated heterocycles. The van der Waals surface area contributed by atoms with E-state index in [0.717, 1.165) is 6.07 Å². The van der Waals surface area contributed by atoms with Crippen molar-refractivity contribution in [2.24, 2.45) is 0 Å². The highest BCUT2D eigenvalue weighted by atomic mass is 16.5. The van der Waals surface area contributed by atoms with E-state index in [9.17, 15) is 24.9 Å². The number of carboxylic acids is 1. The highest BCUT2D eigenvalue weighted by molar-refractivity contribution is 6.10. The van der Waals surface area contributed by atoms with Gasteiger partial charge in [-0.2, -0.15) is 0 Å². The van der Waals surface area contributed by atoms with E-state index in [1.54, 1.807) is 0 Å². The number of amides is 1. The van der Waals surface area contributed by atoms with E-state index >= 15 is 0 Å². The third kappa shape index (κ3) is 3.65. The molecule has 2 aromatic rings. The van der Waals surface area contributed by atoms with Gasteiger partial charge in [0.2, 0.25) is 11.5 Å². The SMILES string of the molecule is COc1cc(C(=O)Nc2c(C(=O)O)cc(OC)c(OC)c2O)cc(OC)c1O. The number of methoxy groups -OCH3 is 4. The van der Waals surface area contributed by atoms with Gasteiger partial charge in [-0.25, -0.2) is 4.79 Å². The number of aromatic carboxylic acids is 1. The zero-order chi connectivity index (χ0) is 21.0. The summed E-state index contributed by atoms with van der Waals surface area (Å²) in [5.41, 5.74) is -0.820. The summed E-state index contributed by atoms with van der Waals surface area (Å²) in [6.07, 6.45) is 0. The summed E-state index contributed by atoms with van der Waals surface area (Å²) in [4.78, 5) is 24.2. The third-order valence-electron chi connectivity index (χ3n) is 3.86. The van der Waals surface area contributed by atoms with E-state index in [2.05, 4.69) is 5.32 Å². The van der Waals surface area contributed by atoms with Crippen molar-refractivity contribution in [2.75, 3.05) is 33.8 Å². The normalized spacial score (nSPS) is 10.1. The molecule has 0 bridgehead atoms. The maximum Gasteiger partial charge on any atom is 0.338 e. The number of ether oxygens (including phenoxy) is 4. The van der Waals surface area contributed by atoms with Crippen molar-refractivity contribution < 1.29 is 43.9 Å². The van der Waals surface area contributed by atoms with Gasteiger partial charge >= 0.3 is 5.97 Å². The second-order valence-corrected chi connectivity index (χ2v) is 5.37. The number of aromatic hydroxyl groups is 2. The summed E-state index contributed by atoms with van der Waals surface area (Å²) < 4.78 is 20.0. The molecule has 2 aromatic carbocycles. The quantitative estimate of drug-likeness (QED) is 0.520. The van der Waals surface area contributed by atoms with Crippen LogP contribution in [0.5, 0.6) is 34.5 Å². The number of phenolic OH excluding ortho intramolecular Hbond substituents is 2. The molecular formula is C18H19NO9. The van der Waals surface area contributed by atoms with Gasteiger partial charge in [-0.3, -0.25) is 4.79 Å². The first kappa shape index (κ1) is 20.5. The maximum atomic E-state index is 12.7. The minimum absolute atomic E-state index is 0.0166. The highest BCUT2D eigenvalue weighted by Crippen LogP contribution is 2.45. The fourth-order valence-corrected chi connectivity index (χ4v) is 2.48. The van der Waals surface area contributed by atoms with Gasteiger partial charge in [0.1, 0.15) is 5.69 Å². The third-order valence-corrected chi connectivity index (χ3v) is 3.86. The predicted molar refractivity (Wildman–Crippen MR) is 97.3 cm³/mol. The van der Waals surface area contributed by atoms with Gasteiger partial charge in [0.05, 0.1) is 34.0 Å². The molecule has 150 valence electrons. The largest absolute Gasteiger partial charge is 0.503 e. The molecule has 0 unspecified atom stereocenters. The number of anilines is 1. The van der Waals surface area contributed by atoms with Gasteiger partial charge < -0.3 is 39.6 Å². The van der Waals surface area contributed by atoms with Crippen molar-refractivity contribution in [3.05, 3.63) is 29.3 Å². The zero-order valence-corrected chi connectivity index (χ0v) is 15.5. The van der Waals surface area contributed by atoms with Gasteiger partial charge in [-0.05, 0) is 12.1 Å². The topological polar surface area (TPSA) is 144 Å². The van der Waals surface area contributed by atoms with Gasteiger partial charge in [-0.15, -0.1) is 0 Å². The molecule has 0 aliphatic carbocycles. The van der Waals surface area contributed by atoms with Crippen molar-refractivity contribution in [3.8, 4) is 34.5 Å². The molecule has 0 aliphatic rings. The summed E-state index contributed by atoms with van der Waals surface area (Å²) >= 11 is 0. The second kappa shape index (κ2) is 8.25. The summed E-state index contributed by atoms with van der Waals surface area (Å²) in [6.45, 7) is 0. The molecule has 0 fully saturated rings. The van der Waals surface area contributed by atoms with Crippen LogP contribution in [0.1, 0.15) is 20.7 Å². The zero-order valence-electron chi connectivity index (χ0n) is 15.5. The number of hydrogen-bond donors (Lipinski definition) is 4. The first-order valence-electron chi connectivity index (χ1n) is 7.76. The summed E-state index contributed by atoms with van der Waals surface area (Å²) in [7, 11) is 5.10. The molecule has 0 heterocycles. The Morgan fingerprint density at radius 2 is 1.36 bits per heavy atom. The smallest absolute Gasteiger partial charge is 0.338 e. The van der Waals surface area contributed by atoms with E-state index in [1.165, 1.54) is 40.6 Å². The van der Waals surface area contributed by atoms with E-state index in [-0.39, 0.29) is 40.0 Å². The van der Waals surface area contributed by atoms with Crippen LogP contribution in [0.4, 0.5) is 5.69 Å². The standard InChI is InChI=1S/C18H19NO9/c1-25-10-5-8(6-11(26-2)14(10)20)17(22)19-13-9(18(23)24)7-12(27-3)16(28-4)15(13)21/h5-7,20-21H,1-4H3,(H,19,22)(H,23,24). The van der Waals surface area contributed by atoms with Crippen molar-refractivity contribution in [1.82, 2.24) is 0 Å². The number of carbonyl (C=O) groups excluding carboxylic acids is 1. The molecule has 10 heteroatoms. The van der Waals surface area contributed by atoms with Crippen LogP contribution < -0.4 is 24.3 Å². The van der Waals surface area contributed by atoms with Crippen molar-refractivity contribution in [2.45, 2.75) is 0 Å². The van der Waals surface area contributed by atoms with Crippen LogP contribution >= 0.6 is 0 Å². The molecular weight excluding hydrogens is 374 g/mol. The molecule has 1 amide bonds. The number of nitrogens with one attached hydrogen (secondary N) is 1. The lowest BCUT2D eigenvalue weighted by molar-refractivity contribution is 0.0697. The lowest BCUT2D eigenvalue weighted by Gasteiger charge is -2.17. The molecule has 28 heavy (non-hydrogen) atoms. The predicted octanol–water partition coefficient (Wildman–Crippen LogP) is 2.08.